The van der Waals surface area contributed by atoms with Crippen molar-refractivity contribution in [1.29, 1.82) is 0 Å². The maximum atomic E-state index is 3.93. The molecule has 0 saturated carbocycles. The average Bonchev–Trinajstić information content (AvgIpc) is 3.00. The van der Waals surface area contributed by atoms with Gasteiger partial charge in [0.15, 0.2) is 0 Å². The van der Waals surface area contributed by atoms with Gasteiger partial charge in [-0.2, -0.15) is 0 Å². The van der Waals surface area contributed by atoms with E-state index in [0.717, 1.165) is 6.54 Å². The van der Waals surface area contributed by atoms with Crippen molar-refractivity contribution in [2.75, 3.05) is 0 Å². The molecule has 248 valence electrons. The quantitative estimate of drug-likeness (QED) is 0.0785. The molecular weight excluding hydrogens is 530 g/mol. The Hall–Kier alpha value is -0.530. The smallest absolute Gasteiger partial charge is 0.0208 e. The van der Waals surface area contributed by atoms with E-state index < -0.39 is 0 Å². The summed E-state index contributed by atoms with van der Waals surface area (Å²) in [4.78, 5) is 0. The van der Waals surface area contributed by atoms with Gasteiger partial charge in [-0.25, -0.2) is 0 Å². The first kappa shape index (κ1) is 41.5. The lowest BCUT2D eigenvalue weighted by atomic mass is 9.99. The lowest BCUT2D eigenvalue weighted by molar-refractivity contribution is 0.409. The molecule has 42 heavy (non-hydrogen) atoms. The van der Waals surface area contributed by atoms with Crippen LogP contribution in [0, 0.1) is 0 Å². The Labute approximate surface area is 272 Å². The lowest BCUT2D eigenvalue weighted by Crippen LogP contribution is -2.28. The van der Waals surface area contributed by atoms with Crippen molar-refractivity contribution < 1.29 is 0 Å². The van der Waals surface area contributed by atoms with Gasteiger partial charge in [0.25, 0.3) is 0 Å². The molecule has 1 nitrogen and oxygen atoms in total. The first-order valence-electron chi connectivity index (χ1n) is 19.1. The highest BCUT2D eigenvalue weighted by molar-refractivity contribution is 5.85. The van der Waals surface area contributed by atoms with Crippen molar-refractivity contribution >= 4 is 12.4 Å². The highest BCUT2D eigenvalue weighted by Gasteiger charge is 2.08. The molecule has 1 aromatic rings. The third kappa shape index (κ3) is 29.5. The fourth-order valence-electron chi connectivity index (χ4n) is 6.38. The number of unbranched alkanes of at least 4 members (excludes halogenated alkanes) is 26. The van der Waals surface area contributed by atoms with Crippen LogP contribution in [0.5, 0.6) is 0 Å². The van der Waals surface area contributed by atoms with Gasteiger partial charge in [0, 0.05) is 12.6 Å². The first-order valence-corrected chi connectivity index (χ1v) is 19.1. The van der Waals surface area contributed by atoms with Crippen LogP contribution < -0.4 is 5.32 Å². The standard InChI is InChI=1S/C40H75N.ClH/c1-3-5-7-9-11-13-15-17-19-21-23-25-27-32-36-40(41-38-39-34-30-29-31-35-39)37-33-28-26-24-22-20-18-16-14-12-10-8-6-4-2;/h29-31,34-35,40-41H,3-28,32-33,36-38H2,1-2H3;1H. The number of hydrogen-bond acceptors (Lipinski definition) is 1. The monoisotopic (exact) mass is 606 g/mol. The van der Waals surface area contributed by atoms with E-state index in [0.29, 0.717) is 6.04 Å². The third-order valence-corrected chi connectivity index (χ3v) is 9.25. The Balaban J connectivity index is 0.0000168. The fourth-order valence-corrected chi connectivity index (χ4v) is 6.38. The van der Waals surface area contributed by atoms with Crippen LogP contribution in [0.2, 0.25) is 0 Å². The highest BCUT2D eigenvalue weighted by Crippen LogP contribution is 2.17. The number of nitrogens with one attached hydrogen (secondary N) is 1. The summed E-state index contributed by atoms with van der Waals surface area (Å²) < 4.78 is 0. The molecule has 0 aromatic heterocycles. The molecule has 0 fully saturated rings. The van der Waals surface area contributed by atoms with E-state index in [1.54, 1.807) is 0 Å². The molecule has 0 radical (unpaired) electrons. The molecule has 1 N–H and O–H groups in total. The van der Waals surface area contributed by atoms with Gasteiger partial charge in [-0.05, 0) is 18.4 Å². The average molecular weight is 607 g/mol. The molecule has 1 aromatic carbocycles. The van der Waals surface area contributed by atoms with Gasteiger partial charge in [0.2, 0.25) is 0 Å². The molecule has 0 heterocycles. The Bertz CT molecular complexity index is 571. The maximum Gasteiger partial charge on any atom is 0.0208 e. The van der Waals surface area contributed by atoms with Gasteiger partial charge in [0.1, 0.15) is 0 Å². The van der Waals surface area contributed by atoms with Gasteiger partial charge >= 0.3 is 0 Å². The van der Waals surface area contributed by atoms with Crippen LogP contribution in [0.15, 0.2) is 30.3 Å². The van der Waals surface area contributed by atoms with Gasteiger partial charge in [-0.1, -0.05) is 224 Å². The molecule has 0 aliphatic rings. The largest absolute Gasteiger partial charge is 0.310 e. The minimum atomic E-state index is 0. The highest BCUT2D eigenvalue weighted by atomic mass is 35.5. The topological polar surface area (TPSA) is 12.0 Å². The van der Waals surface area contributed by atoms with Crippen LogP contribution in [0.3, 0.4) is 0 Å². The van der Waals surface area contributed by atoms with Gasteiger partial charge in [0.05, 0.1) is 0 Å². The molecule has 0 aliphatic heterocycles. The minimum absolute atomic E-state index is 0. The number of halogens is 1. The van der Waals surface area contributed by atoms with Crippen LogP contribution >= 0.6 is 12.4 Å². The molecule has 0 atom stereocenters. The van der Waals surface area contributed by atoms with E-state index in [1.165, 1.54) is 198 Å². The van der Waals surface area contributed by atoms with Crippen molar-refractivity contribution in [2.45, 2.75) is 219 Å². The molecule has 2 heteroatoms. The second kappa shape index (κ2) is 35.0. The summed E-state index contributed by atoms with van der Waals surface area (Å²) >= 11 is 0. The Morgan fingerprint density at radius 2 is 0.690 bits per heavy atom. The lowest BCUT2D eigenvalue weighted by Gasteiger charge is -2.19. The predicted molar refractivity (Wildman–Crippen MR) is 194 cm³/mol. The van der Waals surface area contributed by atoms with E-state index in [-0.39, 0.29) is 12.4 Å². The van der Waals surface area contributed by atoms with Gasteiger partial charge in [-0.15, -0.1) is 12.4 Å². The van der Waals surface area contributed by atoms with Crippen molar-refractivity contribution in [3.8, 4) is 0 Å². The first-order chi connectivity index (χ1) is 20.4. The molecule has 1 rings (SSSR count). The third-order valence-electron chi connectivity index (χ3n) is 9.25. The van der Waals surface area contributed by atoms with Gasteiger partial charge < -0.3 is 5.32 Å². The molecule has 0 unspecified atom stereocenters. The Morgan fingerprint density at radius 3 is 1.00 bits per heavy atom. The predicted octanol–water partition coefficient (Wildman–Crippen LogP) is 14.3. The zero-order valence-corrected chi connectivity index (χ0v) is 29.6. The normalized spacial score (nSPS) is 11.3. The maximum absolute atomic E-state index is 3.93. The van der Waals surface area contributed by atoms with Crippen LogP contribution in [-0.2, 0) is 6.54 Å². The second-order valence-electron chi connectivity index (χ2n) is 13.3. The van der Waals surface area contributed by atoms with Crippen molar-refractivity contribution in [3.05, 3.63) is 35.9 Å². The second-order valence-corrected chi connectivity index (χ2v) is 13.3. The van der Waals surface area contributed by atoms with Crippen molar-refractivity contribution in [3.63, 3.8) is 0 Å². The molecule has 0 spiro atoms. The van der Waals surface area contributed by atoms with Crippen LogP contribution in [0.25, 0.3) is 0 Å². The van der Waals surface area contributed by atoms with Crippen molar-refractivity contribution in [1.82, 2.24) is 5.32 Å². The van der Waals surface area contributed by atoms with E-state index in [1.807, 2.05) is 0 Å². The van der Waals surface area contributed by atoms with E-state index in [2.05, 4.69) is 49.5 Å². The van der Waals surface area contributed by atoms with Crippen molar-refractivity contribution in [2.24, 2.45) is 0 Å². The van der Waals surface area contributed by atoms with Crippen LogP contribution in [-0.4, -0.2) is 6.04 Å². The Kier molecular flexibility index (Phi) is 34.5. The zero-order chi connectivity index (χ0) is 29.3. The summed E-state index contributed by atoms with van der Waals surface area (Å²) in [6, 6.07) is 11.7. The Morgan fingerprint density at radius 1 is 0.405 bits per heavy atom. The van der Waals surface area contributed by atoms with Gasteiger partial charge in [-0.3, -0.25) is 0 Å². The van der Waals surface area contributed by atoms with E-state index in [9.17, 15) is 0 Å². The molecule has 0 bridgehead atoms. The summed E-state index contributed by atoms with van der Waals surface area (Å²) in [6.07, 6.45) is 43.3. The number of hydrogen-bond donors (Lipinski definition) is 1. The summed E-state index contributed by atoms with van der Waals surface area (Å²) in [5, 5.41) is 3.93. The fraction of sp³-hybridized carbons (Fsp3) is 0.850. The van der Waals surface area contributed by atoms with E-state index >= 15 is 0 Å². The summed E-state index contributed by atoms with van der Waals surface area (Å²) in [6.45, 7) is 5.65. The zero-order valence-electron chi connectivity index (χ0n) is 28.8. The van der Waals surface area contributed by atoms with Crippen LogP contribution in [0.4, 0.5) is 0 Å². The molecule has 0 amide bonds. The number of benzene rings is 1. The SMILES string of the molecule is CCCCCCCCCCCCCCCCC(CCCCCCCCCCCCCCCC)NCc1ccccc1.Cl. The minimum Gasteiger partial charge on any atom is -0.310 e. The molecular formula is C40H76ClN. The van der Waals surface area contributed by atoms with Crippen LogP contribution in [0.1, 0.15) is 212 Å². The summed E-state index contributed by atoms with van der Waals surface area (Å²) in [5.74, 6) is 0. The number of rotatable bonds is 33. The summed E-state index contributed by atoms with van der Waals surface area (Å²) in [5.41, 5.74) is 1.43. The molecule has 0 saturated heterocycles. The van der Waals surface area contributed by atoms with E-state index in [4.69, 9.17) is 0 Å². The summed E-state index contributed by atoms with van der Waals surface area (Å²) in [7, 11) is 0. The molecule has 0 aliphatic carbocycles.